The molecule has 0 saturated carbocycles. The first-order valence-corrected chi connectivity index (χ1v) is 6.70. The summed E-state index contributed by atoms with van der Waals surface area (Å²) in [4.78, 5) is 10.8. The van der Waals surface area contributed by atoms with Crippen molar-refractivity contribution in [3.05, 3.63) is 17.5 Å². The predicted molar refractivity (Wildman–Crippen MR) is 54.1 cm³/mol. The lowest BCUT2D eigenvalue weighted by molar-refractivity contribution is 0.0693. The normalized spacial score (nSPS) is 24.1. The van der Waals surface area contributed by atoms with Crippen molar-refractivity contribution in [2.24, 2.45) is 0 Å². The molecule has 1 unspecified atom stereocenters. The molecule has 1 aliphatic rings. The maximum Gasteiger partial charge on any atom is 0.340 e. The molecule has 1 aromatic rings. The van der Waals surface area contributed by atoms with Gasteiger partial charge in [-0.05, 0) is 12.8 Å². The molecule has 6 nitrogen and oxygen atoms in total. The van der Waals surface area contributed by atoms with Gasteiger partial charge in [0.2, 0.25) is 0 Å². The number of aromatic nitrogens is 1. The van der Waals surface area contributed by atoms with E-state index >= 15 is 0 Å². The average molecular weight is 245 g/mol. The van der Waals surface area contributed by atoms with Crippen LogP contribution >= 0.6 is 0 Å². The second-order valence-corrected chi connectivity index (χ2v) is 6.09. The molecule has 7 heteroatoms. The molecular formula is C9H11NO5S. The summed E-state index contributed by atoms with van der Waals surface area (Å²) in [7, 11) is -3.08. The minimum absolute atomic E-state index is 0.0397. The molecule has 0 amide bonds. The lowest BCUT2D eigenvalue weighted by Gasteiger charge is -2.19. The van der Waals surface area contributed by atoms with E-state index in [-0.39, 0.29) is 28.7 Å². The Kier molecular flexibility index (Phi) is 2.71. The van der Waals surface area contributed by atoms with Crippen molar-refractivity contribution in [3.63, 3.8) is 0 Å². The van der Waals surface area contributed by atoms with Gasteiger partial charge in [0.1, 0.15) is 5.56 Å². The lowest BCUT2D eigenvalue weighted by atomic mass is 9.99. The first kappa shape index (κ1) is 11.1. The van der Waals surface area contributed by atoms with Crippen molar-refractivity contribution in [2.45, 2.75) is 18.8 Å². The van der Waals surface area contributed by atoms with Gasteiger partial charge in [-0.3, -0.25) is 0 Å². The molecule has 1 aliphatic heterocycles. The van der Waals surface area contributed by atoms with E-state index < -0.39 is 15.8 Å². The molecule has 1 aromatic heterocycles. The Morgan fingerprint density at radius 1 is 1.56 bits per heavy atom. The summed E-state index contributed by atoms with van der Waals surface area (Å²) in [5.41, 5.74) is -0.0397. The van der Waals surface area contributed by atoms with E-state index in [0.29, 0.717) is 12.8 Å². The zero-order valence-corrected chi connectivity index (χ0v) is 9.24. The van der Waals surface area contributed by atoms with Crippen LogP contribution in [0.25, 0.3) is 0 Å². The Morgan fingerprint density at radius 2 is 2.31 bits per heavy atom. The minimum Gasteiger partial charge on any atom is -0.478 e. The third-order valence-corrected chi connectivity index (χ3v) is 4.48. The molecule has 2 heterocycles. The van der Waals surface area contributed by atoms with Crippen molar-refractivity contribution >= 4 is 15.8 Å². The quantitative estimate of drug-likeness (QED) is 0.822. The van der Waals surface area contributed by atoms with Crippen LogP contribution in [0.5, 0.6) is 0 Å². The number of aromatic carboxylic acids is 1. The second kappa shape index (κ2) is 3.89. The fourth-order valence-corrected chi connectivity index (χ4v) is 3.64. The van der Waals surface area contributed by atoms with E-state index in [0.717, 1.165) is 6.20 Å². The minimum atomic E-state index is -3.08. The first-order valence-electron chi connectivity index (χ1n) is 4.88. The van der Waals surface area contributed by atoms with Crippen LogP contribution in [-0.4, -0.2) is 36.2 Å². The van der Waals surface area contributed by atoms with Crippen LogP contribution in [0.1, 0.15) is 34.9 Å². The summed E-state index contributed by atoms with van der Waals surface area (Å²) in [6, 6.07) is 0. The molecule has 1 saturated heterocycles. The van der Waals surface area contributed by atoms with Gasteiger partial charge in [0.25, 0.3) is 0 Å². The molecule has 1 N–H and O–H groups in total. The van der Waals surface area contributed by atoms with Gasteiger partial charge in [-0.1, -0.05) is 5.16 Å². The molecule has 88 valence electrons. The van der Waals surface area contributed by atoms with Gasteiger partial charge in [0, 0.05) is 5.92 Å². The number of carbonyl (C=O) groups is 1. The molecule has 1 atom stereocenters. The summed E-state index contributed by atoms with van der Waals surface area (Å²) < 4.78 is 27.7. The van der Waals surface area contributed by atoms with Crippen LogP contribution < -0.4 is 0 Å². The fraction of sp³-hybridized carbons (Fsp3) is 0.556. The van der Waals surface area contributed by atoms with E-state index in [1.54, 1.807) is 0 Å². The van der Waals surface area contributed by atoms with Crippen molar-refractivity contribution in [2.75, 3.05) is 11.5 Å². The number of carboxylic acid groups (broad SMARTS) is 1. The second-order valence-electron chi connectivity index (χ2n) is 3.86. The summed E-state index contributed by atoms with van der Waals surface area (Å²) in [5, 5.41) is 12.3. The number of hydrogen-bond donors (Lipinski definition) is 1. The van der Waals surface area contributed by atoms with Crippen LogP contribution in [0.3, 0.4) is 0 Å². The van der Waals surface area contributed by atoms with E-state index in [4.69, 9.17) is 9.63 Å². The van der Waals surface area contributed by atoms with Gasteiger partial charge in [-0.2, -0.15) is 0 Å². The van der Waals surface area contributed by atoms with Crippen LogP contribution in [-0.2, 0) is 9.84 Å². The first-order chi connectivity index (χ1) is 7.49. The third kappa shape index (κ3) is 2.08. The summed E-state index contributed by atoms with van der Waals surface area (Å²) >= 11 is 0. The lowest BCUT2D eigenvalue weighted by Crippen LogP contribution is -2.24. The van der Waals surface area contributed by atoms with E-state index in [2.05, 4.69) is 5.16 Å². The van der Waals surface area contributed by atoms with Crippen molar-refractivity contribution in [1.82, 2.24) is 5.16 Å². The highest BCUT2D eigenvalue weighted by atomic mass is 32.2. The van der Waals surface area contributed by atoms with E-state index in [1.165, 1.54) is 0 Å². The third-order valence-electron chi connectivity index (χ3n) is 2.66. The zero-order chi connectivity index (χ0) is 11.8. The van der Waals surface area contributed by atoms with Gasteiger partial charge >= 0.3 is 5.97 Å². The molecule has 16 heavy (non-hydrogen) atoms. The summed E-state index contributed by atoms with van der Waals surface area (Å²) in [6.45, 7) is 0. The highest BCUT2D eigenvalue weighted by molar-refractivity contribution is 7.91. The highest BCUT2D eigenvalue weighted by Gasteiger charge is 2.31. The molecule has 0 aromatic carbocycles. The van der Waals surface area contributed by atoms with Gasteiger partial charge in [-0.15, -0.1) is 0 Å². The van der Waals surface area contributed by atoms with Crippen LogP contribution in [0.2, 0.25) is 0 Å². The number of hydrogen-bond acceptors (Lipinski definition) is 5. The monoisotopic (exact) mass is 245 g/mol. The van der Waals surface area contributed by atoms with Gasteiger partial charge in [0.05, 0.1) is 17.7 Å². The topological polar surface area (TPSA) is 97.5 Å². The van der Waals surface area contributed by atoms with Crippen molar-refractivity contribution < 1.29 is 22.8 Å². The van der Waals surface area contributed by atoms with Crippen LogP contribution in [0.15, 0.2) is 10.7 Å². The van der Waals surface area contributed by atoms with Gasteiger partial charge in [0.15, 0.2) is 15.6 Å². The van der Waals surface area contributed by atoms with Crippen molar-refractivity contribution in [1.29, 1.82) is 0 Å². The Hall–Kier alpha value is -1.37. The molecule has 0 spiro atoms. The van der Waals surface area contributed by atoms with Gasteiger partial charge in [-0.25, -0.2) is 13.2 Å². The number of nitrogens with zero attached hydrogens (tertiary/aromatic N) is 1. The van der Waals surface area contributed by atoms with Crippen molar-refractivity contribution in [3.8, 4) is 0 Å². The molecular weight excluding hydrogens is 234 g/mol. The molecule has 0 radical (unpaired) electrons. The zero-order valence-electron chi connectivity index (χ0n) is 8.42. The fourth-order valence-electron chi connectivity index (χ4n) is 1.93. The number of sulfone groups is 1. The van der Waals surface area contributed by atoms with E-state index in [9.17, 15) is 13.2 Å². The van der Waals surface area contributed by atoms with Crippen LogP contribution in [0.4, 0.5) is 0 Å². The number of carboxylic acids is 1. The standard InChI is InChI=1S/C9H11NO5S/c11-9(12)7-4-10-15-8(7)6-2-1-3-16(13,14)5-6/h4,6H,1-3,5H2,(H,11,12). The van der Waals surface area contributed by atoms with Gasteiger partial charge < -0.3 is 9.63 Å². The maximum atomic E-state index is 11.4. The summed E-state index contributed by atoms with van der Waals surface area (Å²) in [6.07, 6.45) is 2.26. The Morgan fingerprint density at radius 3 is 2.94 bits per heavy atom. The molecule has 1 fully saturated rings. The largest absolute Gasteiger partial charge is 0.478 e. The molecule has 2 rings (SSSR count). The molecule has 0 aliphatic carbocycles. The average Bonchev–Trinajstić information content (AvgIpc) is 2.64. The van der Waals surface area contributed by atoms with Crippen LogP contribution in [0, 0.1) is 0 Å². The number of rotatable bonds is 2. The smallest absolute Gasteiger partial charge is 0.340 e. The summed E-state index contributed by atoms with van der Waals surface area (Å²) in [5.74, 6) is -1.23. The predicted octanol–water partition coefficient (Wildman–Crippen LogP) is 0.665. The maximum absolute atomic E-state index is 11.4. The Labute approximate surface area is 92.2 Å². The highest BCUT2D eigenvalue weighted by Crippen LogP contribution is 2.30. The molecule has 0 bridgehead atoms. The van der Waals surface area contributed by atoms with E-state index in [1.807, 2.05) is 0 Å². The Balaban J connectivity index is 2.30. The SMILES string of the molecule is O=C(O)c1cnoc1C1CCCS(=O)(=O)C1. The Bertz CT molecular complexity index is 504.